The van der Waals surface area contributed by atoms with Gasteiger partial charge < -0.3 is 4.98 Å². The van der Waals surface area contributed by atoms with Gasteiger partial charge in [-0.3, -0.25) is 20.1 Å². The van der Waals surface area contributed by atoms with E-state index < -0.39 is 0 Å². The summed E-state index contributed by atoms with van der Waals surface area (Å²) < 4.78 is 0. The number of rotatable bonds is 5. The zero-order chi connectivity index (χ0) is 29.9. The third kappa shape index (κ3) is 20.6. The third-order valence-corrected chi connectivity index (χ3v) is 6.45. The summed E-state index contributed by atoms with van der Waals surface area (Å²) in [6.45, 7) is 21.7. The van der Waals surface area contributed by atoms with E-state index in [9.17, 15) is 0 Å². The van der Waals surface area contributed by atoms with Crippen LogP contribution in [-0.4, -0.2) is 33.3 Å². The molecule has 44 heavy (non-hydrogen) atoms. The molecule has 3 aliphatic rings. The van der Waals surface area contributed by atoms with E-state index in [4.69, 9.17) is 0 Å². The minimum absolute atomic E-state index is 0. The number of aromatic nitrogens is 3. The Bertz CT molecular complexity index is 1020. The molecule has 3 aliphatic heterocycles. The number of allylic oxidation sites excluding steroid dienone is 4. The van der Waals surface area contributed by atoms with Crippen LogP contribution in [0.2, 0.25) is 0 Å². The van der Waals surface area contributed by atoms with Crippen molar-refractivity contribution in [2.45, 2.75) is 130 Å². The molecule has 0 amide bonds. The van der Waals surface area contributed by atoms with Gasteiger partial charge in [0.05, 0.1) is 0 Å². The highest BCUT2D eigenvalue weighted by atomic mass is 15.1. The average Bonchev–Trinajstić information content (AvgIpc) is 3.74. The molecular formula is C38H70N6. The molecule has 2 aromatic rings. The molecule has 0 aliphatic carbocycles. The highest BCUT2D eigenvalue weighted by Gasteiger charge is 2.05. The SMILES string of the molecule is C.C.C.C.CC(C)C1=CCC=N1.CC(C)C1=CN=CC1.CC(C)C1=NC=CC1.CC(C)c1cc[nH]c1.CC(C)c1ccn[nH]1. The first-order valence-electron chi connectivity index (χ1n) is 14.8. The van der Waals surface area contributed by atoms with E-state index in [-0.39, 0.29) is 29.7 Å². The fourth-order valence-electron chi connectivity index (χ4n) is 3.56. The lowest BCUT2D eigenvalue weighted by Crippen LogP contribution is -2.02. The highest BCUT2D eigenvalue weighted by Crippen LogP contribution is 2.16. The van der Waals surface area contributed by atoms with E-state index in [0.29, 0.717) is 29.6 Å². The monoisotopic (exact) mass is 611 g/mol. The second-order valence-electron chi connectivity index (χ2n) is 11.6. The fourth-order valence-corrected chi connectivity index (χ4v) is 3.56. The van der Waals surface area contributed by atoms with Crippen molar-refractivity contribution in [2.24, 2.45) is 32.7 Å². The Balaban J connectivity index is -0.000000222. The first kappa shape index (κ1) is 47.6. The summed E-state index contributed by atoms with van der Waals surface area (Å²) in [5, 5.41) is 6.70. The minimum Gasteiger partial charge on any atom is -0.367 e. The summed E-state index contributed by atoms with van der Waals surface area (Å²) in [4.78, 5) is 15.4. The lowest BCUT2D eigenvalue weighted by molar-refractivity contribution is 0.759. The topological polar surface area (TPSA) is 81.5 Å². The lowest BCUT2D eigenvalue weighted by Gasteiger charge is -2.01. The predicted molar refractivity (Wildman–Crippen MR) is 203 cm³/mol. The summed E-state index contributed by atoms with van der Waals surface area (Å²) in [7, 11) is 0. The quantitative estimate of drug-likeness (QED) is 0.347. The average molecular weight is 611 g/mol. The molecule has 0 aromatic carbocycles. The Morgan fingerprint density at radius 1 is 0.727 bits per heavy atom. The molecule has 0 unspecified atom stereocenters. The largest absolute Gasteiger partial charge is 0.367 e. The maximum atomic E-state index is 4.17. The van der Waals surface area contributed by atoms with E-state index >= 15 is 0 Å². The van der Waals surface area contributed by atoms with Gasteiger partial charge in [-0.25, -0.2) is 0 Å². The van der Waals surface area contributed by atoms with Crippen LogP contribution in [0.15, 0.2) is 81.5 Å². The predicted octanol–water partition coefficient (Wildman–Crippen LogP) is 12.2. The van der Waals surface area contributed by atoms with E-state index in [2.05, 4.69) is 118 Å². The van der Waals surface area contributed by atoms with E-state index in [0.717, 1.165) is 19.3 Å². The van der Waals surface area contributed by atoms with Gasteiger partial charge in [-0.1, -0.05) is 111 Å². The number of aromatic amines is 2. The first-order valence-corrected chi connectivity index (χ1v) is 14.8. The van der Waals surface area contributed by atoms with Crippen molar-refractivity contribution in [3.8, 4) is 0 Å². The lowest BCUT2D eigenvalue weighted by atomic mass is 10.0. The smallest absolute Gasteiger partial charge is 0.0490 e. The Kier molecular flexibility index (Phi) is 29.5. The zero-order valence-corrected chi connectivity index (χ0v) is 26.6. The van der Waals surface area contributed by atoms with Crippen molar-refractivity contribution in [1.29, 1.82) is 0 Å². The number of nitrogens with zero attached hydrogens (tertiary/aromatic N) is 4. The molecule has 0 saturated carbocycles. The summed E-state index contributed by atoms with van der Waals surface area (Å²) in [6.07, 6.45) is 20.9. The highest BCUT2D eigenvalue weighted by molar-refractivity contribution is 5.89. The summed E-state index contributed by atoms with van der Waals surface area (Å²) >= 11 is 0. The van der Waals surface area contributed by atoms with Crippen molar-refractivity contribution in [3.05, 3.63) is 77.8 Å². The van der Waals surface area contributed by atoms with Crippen LogP contribution in [-0.2, 0) is 0 Å². The molecular weight excluding hydrogens is 540 g/mol. The van der Waals surface area contributed by atoms with Crippen LogP contribution in [0, 0.1) is 17.8 Å². The normalized spacial score (nSPS) is 13.4. The van der Waals surface area contributed by atoms with Crippen molar-refractivity contribution >= 4 is 18.1 Å². The molecule has 0 fully saturated rings. The van der Waals surface area contributed by atoms with Gasteiger partial charge in [0, 0.05) is 79.8 Å². The maximum Gasteiger partial charge on any atom is 0.0490 e. The second kappa shape index (κ2) is 27.3. The first-order chi connectivity index (χ1) is 19.0. The number of nitrogens with one attached hydrogen (secondary N) is 2. The third-order valence-electron chi connectivity index (χ3n) is 6.45. The van der Waals surface area contributed by atoms with Crippen LogP contribution >= 0.6 is 0 Å². The minimum atomic E-state index is 0. The zero-order valence-electron chi connectivity index (χ0n) is 26.6. The summed E-state index contributed by atoms with van der Waals surface area (Å²) in [6, 6.07) is 4.09. The number of H-pyrrole nitrogens is 2. The van der Waals surface area contributed by atoms with Crippen molar-refractivity contribution in [3.63, 3.8) is 0 Å². The Morgan fingerprint density at radius 3 is 1.64 bits per heavy atom. The Labute approximate surface area is 273 Å². The molecule has 0 saturated heterocycles. The van der Waals surface area contributed by atoms with Gasteiger partial charge in [-0.15, -0.1) is 0 Å². The molecule has 0 radical (unpaired) electrons. The van der Waals surface area contributed by atoms with Crippen molar-refractivity contribution in [1.82, 2.24) is 15.2 Å². The van der Waals surface area contributed by atoms with Crippen LogP contribution in [0.25, 0.3) is 0 Å². The summed E-state index contributed by atoms with van der Waals surface area (Å²) in [5.41, 5.74) is 6.58. The molecule has 252 valence electrons. The molecule has 6 nitrogen and oxygen atoms in total. The molecule has 2 aromatic heterocycles. The Hall–Kier alpha value is -3.28. The van der Waals surface area contributed by atoms with Gasteiger partial charge in [0.25, 0.3) is 0 Å². The maximum absolute atomic E-state index is 4.17. The molecule has 5 heterocycles. The van der Waals surface area contributed by atoms with Gasteiger partial charge in [-0.2, -0.15) is 5.10 Å². The van der Waals surface area contributed by atoms with Crippen LogP contribution in [0.5, 0.6) is 0 Å². The van der Waals surface area contributed by atoms with E-state index in [1.807, 2.05) is 43.3 Å². The van der Waals surface area contributed by atoms with Crippen LogP contribution in [0.1, 0.15) is 141 Å². The van der Waals surface area contributed by atoms with Crippen molar-refractivity contribution in [2.75, 3.05) is 0 Å². The molecule has 6 heteroatoms. The number of hydrogen-bond acceptors (Lipinski definition) is 4. The van der Waals surface area contributed by atoms with Gasteiger partial charge in [0.2, 0.25) is 0 Å². The molecule has 0 bridgehead atoms. The second-order valence-corrected chi connectivity index (χ2v) is 11.6. The van der Waals surface area contributed by atoms with Gasteiger partial charge in [0.15, 0.2) is 0 Å². The van der Waals surface area contributed by atoms with E-state index in [1.54, 1.807) is 6.20 Å². The van der Waals surface area contributed by atoms with Crippen LogP contribution in [0.4, 0.5) is 0 Å². The molecule has 5 rings (SSSR count). The standard InChI is InChI=1S/4C7H11N.C6H10N2.4CH4/c2*1-6(2)7-3-4-8-5-7;2*1-6(2)7-4-3-5-8-7;1-5(2)6-3-4-7-8-6;;;;/h4-6H,3H2,1-2H3;3-6,8H,1-2H3;4-6H,3H2,1-2H3;3,5-6H,4H2,1-2H3;3-5H,1-2H3,(H,7,8);4*1H4. The van der Waals surface area contributed by atoms with Crippen LogP contribution in [0.3, 0.4) is 0 Å². The van der Waals surface area contributed by atoms with Gasteiger partial charge in [0.1, 0.15) is 0 Å². The summed E-state index contributed by atoms with van der Waals surface area (Å²) in [5.74, 6) is 3.13. The number of aliphatic imine (C=N–C) groups is 3. The molecule has 2 N–H and O–H groups in total. The molecule has 0 spiro atoms. The molecule has 0 atom stereocenters. The number of hydrogen-bond donors (Lipinski definition) is 2. The van der Waals surface area contributed by atoms with Gasteiger partial charge >= 0.3 is 0 Å². The van der Waals surface area contributed by atoms with Crippen LogP contribution < -0.4 is 0 Å². The Morgan fingerprint density at radius 2 is 1.41 bits per heavy atom. The van der Waals surface area contributed by atoms with E-state index in [1.165, 1.54) is 28.2 Å². The fraction of sp³-hybridized carbons (Fsp3) is 0.579. The van der Waals surface area contributed by atoms with Crippen molar-refractivity contribution < 1.29 is 0 Å². The van der Waals surface area contributed by atoms with Gasteiger partial charge in [-0.05, 0) is 52.9 Å².